The van der Waals surface area contributed by atoms with Crippen molar-refractivity contribution in [3.05, 3.63) is 95.7 Å². The van der Waals surface area contributed by atoms with Gasteiger partial charge in [-0.25, -0.2) is 14.8 Å². The summed E-state index contributed by atoms with van der Waals surface area (Å²) in [4.78, 5) is 21.9. The second-order valence-electron chi connectivity index (χ2n) is 8.18. The van der Waals surface area contributed by atoms with Crippen LogP contribution in [0, 0.1) is 0 Å². The number of hydrogen-bond donors (Lipinski definition) is 1. The molecule has 0 spiro atoms. The normalized spacial score (nSPS) is 11.0. The van der Waals surface area contributed by atoms with Gasteiger partial charge in [0.15, 0.2) is 5.82 Å². The van der Waals surface area contributed by atoms with E-state index in [4.69, 9.17) is 0 Å². The van der Waals surface area contributed by atoms with Gasteiger partial charge in [-0.15, -0.1) is 10.2 Å². The third-order valence-electron chi connectivity index (χ3n) is 5.65. The van der Waals surface area contributed by atoms with Crippen molar-refractivity contribution >= 4 is 5.78 Å². The van der Waals surface area contributed by atoms with E-state index in [0.29, 0.717) is 30.9 Å². The first kappa shape index (κ1) is 22.3. The number of rotatable bonds is 9. The zero-order valence-electron chi connectivity index (χ0n) is 19.3. The van der Waals surface area contributed by atoms with Gasteiger partial charge in [0.05, 0.1) is 0 Å². The van der Waals surface area contributed by atoms with Crippen LogP contribution in [0.1, 0.15) is 40.9 Å². The molecule has 9 heteroatoms. The Labute approximate surface area is 202 Å². The maximum absolute atomic E-state index is 12.8. The van der Waals surface area contributed by atoms with Gasteiger partial charge in [0.25, 0.3) is 0 Å². The molecule has 0 radical (unpaired) electrons. The number of carbonyl (C=O) groups excluding carboxylic acids is 1. The zero-order chi connectivity index (χ0) is 24.0. The largest absolute Gasteiger partial charge is 0.290 e. The first-order valence-corrected chi connectivity index (χ1v) is 11.5. The van der Waals surface area contributed by atoms with E-state index in [9.17, 15) is 4.79 Å². The number of ketones is 1. The molecule has 0 saturated carbocycles. The Kier molecular flexibility index (Phi) is 6.47. The molecule has 0 amide bonds. The second-order valence-corrected chi connectivity index (χ2v) is 8.18. The highest BCUT2D eigenvalue weighted by molar-refractivity contribution is 5.94. The number of nitrogens with one attached hydrogen (secondary N) is 1. The molecule has 0 unspecified atom stereocenters. The zero-order valence-corrected chi connectivity index (χ0v) is 19.3. The Bertz CT molecular complexity index is 1410. The summed E-state index contributed by atoms with van der Waals surface area (Å²) in [5, 5.41) is 18.6. The molecular formula is C26H24N8O. The molecule has 3 heterocycles. The number of nitrogens with zero attached hydrogens (tertiary/aromatic N) is 7. The topological polar surface area (TPSA) is 115 Å². The average Bonchev–Trinajstić information content (AvgIpc) is 3.56. The number of carbonyl (C=O) groups is 1. The fourth-order valence-corrected chi connectivity index (χ4v) is 3.95. The molecule has 0 aliphatic rings. The van der Waals surface area contributed by atoms with Crippen LogP contribution in [-0.4, -0.2) is 46.2 Å². The summed E-state index contributed by atoms with van der Waals surface area (Å²) in [7, 11) is 0. The molecule has 0 fully saturated rings. The second kappa shape index (κ2) is 10.2. The molecule has 0 bridgehead atoms. The number of pyridine rings is 1. The summed E-state index contributed by atoms with van der Waals surface area (Å²) in [5.41, 5.74) is 4.65. The maximum atomic E-state index is 12.8. The van der Waals surface area contributed by atoms with Crippen molar-refractivity contribution in [1.82, 2.24) is 40.4 Å². The third-order valence-corrected chi connectivity index (χ3v) is 5.65. The van der Waals surface area contributed by atoms with Gasteiger partial charge in [-0.05, 0) is 39.6 Å². The van der Waals surface area contributed by atoms with Gasteiger partial charge in [-0.1, -0.05) is 67.6 Å². The quantitative estimate of drug-likeness (QED) is 0.328. The minimum atomic E-state index is -0.0753. The number of tetrazole rings is 1. The van der Waals surface area contributed by atoms with Crippen LogP contribution in [0.4, 0.5) is 0 Å². The summed E-state index contributed by atoms with van der Waals surface area (Å²) in [6.45, 7) is 2.80. The average molecular weight is 465 g/mol. The number of Topliss-reactive ketones (excluding diaryl/α,β-unsaturated/α-hetero) is 1. The van der Waals surface area contributed by atoms with Crippen LogP contribution in [0.25, 0.3) is 22.6 Å². The van der Waals surface area contributed by atoms with Gasteiger partial charge in [0.1, 0.15) is 11.5 Å². The Morgan fingerprint density at radius 2 is 1.80 bits per heavy atom. The van der Waals surface area contributed by atoms with Crippen molar-refractivity contribution in [3.8, 4) is 22.6 Å². The first-order valence-electron chi connectivity index (χ1n) is 11.5. The third kappa shape index (κ3) is 5.03. The highest BCUT2D eigenvalue weighted by Gasteiger charge is 2.17. The lowest BCUT2D eigenvalue weighted by atomic mass is 10.0. The van der Waals surface area contributed by atoms with Crippen LogP contribution < -0.4 is 0 Å². The number of aryl methyl sites for hydroxylation is 1. The van der Waals surface area contributed by atoms with Crippen LogP contribution in [0.2, 0.25) is 0 Å². The van der Waals surface area contributed by atoms with Gasteiger partial charge < -0.3 is 0 Å². The number of aromatic nitrogens is 8. The van der Waals surface area contributed by atoms with Crippen LogP contribution in [0.3, 0.4) is 0 Å². The molecule has 1 N–H and O–H groups in total. The van der Waals surface area contributed by atoms with Crippen molar-refractivity contribution in [3.63, 3.8) is 0 Å². The van der Waals surface area contributed by atoms with Crippen molar-refractivity contribution in [2.75, 3.05) is 0 Å². The smallest absolute Gasteiger partial charge is 0.217 e. The fourth-order valence-electron chi connectivity index (χ4n) is 3.95. The van der Waals surface area contributed by atoms with E-state index >= 15 is 0 Å². The van der Waals surface area contributed by atoms with Gasteiger partial charge in [0, 0.05) is 31.1 Å². The number of H-pyrrole nitrogens is 1. The molecule has 3 aromatic heterocycles. The highest BCUT2D eigenvalue weighted by atomic mass is 16.1. The van der Waals surface area contributed by atoms with Crippen LogP contribution in [0.15, 0.2) is 72.9 Å². The summed E-state index contributed by atoms with van der Waals surface area (Å²) < 4.78 is 1.85. The summed E-state index contributed by atoms with van der Waals surface area (Å²) in [5.74, 6) is 1.50. The molecule has 0 aliphatic heterocycles. The SMILES string of the molecule is CCCn1nc(C(=O)Cc2ccccc2)nc1Cc1ccc(-c2cccnc2-c2nnn[nH]2)cc1. The molecular weight excluding hydrogens is 440 g/mol. The lowest BCUT2D eigenvalue weighted by Gasteiger charge is -2.08. The van der Waals surface area contributed by atoms with E-state index < -0.39 is 0 Å². The Hall–Kier alpha value is -4.53. The predicted molar refractivity (Wildman–Crippen MR) is 130 cm³/mol. The predicted octanol–water partition coefficient (Wildman–Crippen LogP) is 3.95. The van der Waals surface area contributed by atoms with E-state index in [2.05, 4.69) is 54.7 Å². The van der Waals surface area contributed by atoms with Gasteiger partial charge in [0.2, 0.25) is 11.6 Å². The minimum Gasteiger partial charge on any atom is -0.290 e. The summed E-state index contributed by atoms with van der Waals surface area (Å²) in [6, 6.07) is 21.7. The standard InChI is InChI=1S/C26H24N8O/c1-2-15-34-23(28-25(31-34)22(35)16-18-7-4-3-5-8-18)17-19-10-12-20(13-11-19)21-9-6-14-27-24(21)26-29-32-33-30-26/h3-14H,2,15-17H2,1H3,(H,29,30,32,33). The number of hydrogen-bond acceptors (Lipinski definition) is 7. The Balaban J connectivity index is 1.37. The fraction of sp³-hybridized carbons (Fsp3) is 0.192. The highest BCUT2D eigenvalue weighted by Crippen LogP contribution is 2.28. The molecule has 0 saturated heterocycles. The van der Waals surface area contributed by atoms with E-state index in [1.165, 1.54) is 0 Å². The number of benzene rings is 2. The van der Waals surface area contributed by atoms with Crippen LogP contribution in [0.5, 0.6) is 0 Å². The summed E-state index contributed by atoms with van der Waals surface area (Å²) >= 11 is 0. The van der Waals surface area contributed by atoms with Crippen LogP contribution in [-0.2, 0) is 19.4 Å². The molecule has 2 aromatic carbocycles. The van der Waals surface area contributed by atoms with Gasteiger partial charge in [-0.3, -0.25) is 9.78 Å². The maximum Gasteiger partial charge on any atom is 0.217 e. The van der Waals surface area contributed by atoms with E-state index in [1.54, 1.807) is 6.20 Å². The molecule has 5 aromatic rings. The van der Waals surface area contributed by atoms with Crippen molar-refractivity contribution in [2.24, 2.45) is 0 Å². The Morgan fingerprint density at radius 3 is 2.54 bits per heavy atom. The van der Waals surface area contributed by atoms with Crippen molar-refractivity contribution in [1.29, 1.82) is 0 Å². The molecule has 0 atom stereocenters. The Morgan fingerprint density at radius 1 is 0.971 bits per heavy atom. The minimum absolute atomic E-state index is 0.0753. The van der Waals surface area contributed by atoms with Crippen molar-refractivity contribution in [2.45, 2.75) is 32.7 Å². The van der Waals surface area contributed by atoms with E-state index in [0.717, 1.165) is 34.5 Å². The molecule has 174 valence electrons. The molecule has 9 nitrogen and oxygen atoms in total. The molecule has 5 rings (SSSR count). The van der Waals surface area contributed by atoms with Gasteiger partial charge >= 0.3 is 0 Å². The lowest BCUT2D eigenvalue weighted by Crippen LogP contribution is -2.08. The monoisotopic (exact) mass is 464 g/mol. The van der Waals surface area contributed by atoms with Crippen LogP contribution >= 0.6 is 0 Å². The lowest BCUT2D eigenvalue weighted by molar-refractivity contribution is 0.0982. The molecule has 35 heavy (non-hydrogen) atoms. The molecule has 0 aliphatic carbocycles. The summed E-state index contributed by atoms with van der Waals surface area (Å²) in [6.07, 6.45) is 3.49. The van der Waals surface area contributed by atoms with E-state index in [-0.39, 0.29) is 11.6 Å². The van der Waals surface area contributed by atoms with Gasteiger partial charge in [-0.2, -0.15) is 0 Å². The number of aromatic amines is 1. The van der Waals surface area contributed by atoms with E-state index in [1.807, 2.05) is 59.3 Å². The van der Waals surface area contributed by atoms with Crippen molar-refractivity contribution < 1.29 is 4.79 Å². The first-order chi connectivity index (χ1) is 17.2.